The Balaban J connectivity index is 1.35. The molecule has 1 N–H and O–H groups in total. The van der Waals surface area contributed by atoms with Crippen molar-refractivity contribution in [2.45, 2.75) is 20.3 Å². The molecule has 2 heterocycles. The quantitative estimate of drug-likeness (QED) is 0.805. The molecule has 26 heavy (non-hydrogen) atoms. The number of carbonyl (C=O) groups excluding carboxylic acids is 1. The van der Waals surface area contributed by atoms with Crippen molar-refractivity contribution < 1.29 is 4.79 Å². The summed E-state index contributed by atoms with van der Waals surface area (Å²) in [5.41, 5.74) is 3.10. The molecule has 1 aromatic heterocycles. The maximum atomic E-state index is 12.2. The van der Waals surface area contributed by atoms with Crippen LogP contribution in [-0.4, -0.2) is 60.0 Å². The first-order chi connectivity index (χ1) is 12.6. The first-order valence-electron chi connectivity index (χ1n) is 9.23. The third-order valence-corrected chi connectivity index (χ3v) is 4.91. The summed E-state index contributed by atoms with van der Waals surface area (Å²) in [5, 5.41) is 3.02. The number of amides is 1. The average molecular weight is 353 g/mol. The molecule has 0 atom stereocenters. The molecule has 6 heteroatoms. The van der Waals surface area contributed by atoms with Gasteiger partial charge in [-0.1, -0.05) is 6.07 Å². The van der Waals surface area contributed by atoms with Gasteiger partial charge >= 0.3 is 0 Å². The number of aromatic nitrogens is 2. The van der Waals surface area contributed by atoms with Crippen LogP contribution in [-0.2, 0) is 0 Å². The smallest absolute Gasteiger partial charge is 0.251 e. The average Bonchev–Trinajstić information content (AvgIpc) is 2.68. The Hall–Kier alpha value is -2.47. The van der Waals surface area contributed by atoms with E-state index in [1.165, 1.54) is 5.56 Å². The normalized spacial score (nSPS) is 15.1. The molecule has 0 radical (unpaired) electrons. The predicted octanol–water partition coefficient (Wildman–Crippen LogP) is 2.04. The van der Waals surface area contributed by atoms with E-state index >= 15 is 0 Å². The fourth-order valence-electron chi connectivity index (χ4n) is 3.12. The van der Waals surface area contributed by atoms with Gasteiger partial charge in [0.05, 0.1) is 0 Å². The molecule has 3 rings (SSSR count). The van der Waals surface area contributed by atoms with Crippen LogP contribution < -0.4 is 10.2 Å². The minimum absolute atomic E-state index is 0.0131. The number of anilines is 1. The van der Waals surface area contributed by atoms with E-state index in [4.69, 9.17) is 0 Å². The first kappa shape index (κ1) is 18.3. The van der Waals surface area contributed by atoms with E-state index in [-0.39, 0.29) is 5.91 Å². The van der Waals surface area contributed by atoms with Crippen molar-refractivity contribution in [3.05, 3.63) is 53.3 Å². The van der Waals surface area contributed by atoms with Crippen LogP contribution in [0.15, 0.2) is 36.7 Å². The second kappa shape index (κ2) is 8.76. The first-order valence-corrected chi connectivity index (χ1v) is 9.23. The van der Waals surface area contributed by atoms with E-state index in [0.717, 1.165) is 56.2 Å². The Morgan fingerprint density at radius 2 is 1.81 bits per heavy atom. The largest absolute Gasteiger partial charge is 0.352 e. The number of carbonyl (C=O) groups is 1. The van der Waals surface area contributed by atoms with Crippen molar-refractivity contribution in [2.24, 2.45) is 0 Å². The third-order valence-electron chi connectivity index (χ3n) is 4.91. The molecule has 1 fully saturated rings. The molecule has 0 bridgehead atoms. The van der Waals surface area contributed by atoms with Gasteiger partial charge in [-0.15, -0.1) is 0 Å². The highest BCUT2D eigenvalue weighted by molar-refractivity contribution is 5.94. The number of benzene rings is 1. The fourth-order valence-corrected chi connectivity index (χ4v) is 3.12. The summed E-state index contributed by atoms with van der Waals surface area (Å²) in [4.78, 5) is 25.5. The lowest BCUT2D eigenvalue weighted by atomic mass is 10.1. The van der Waals surface area contributed by atoms with Gasteiger partial charge in [0.2, 0.25) is 5.95 Å². The lowest BCUT2D eigenvalue weighted by Crippen LogP contribution is -2.47. The Kier molecular flexibility index (Phi) is 6.17. The molecule has 1 amide bonds. The van der Waals surface area contributed by atoms with Crippen LogP contribution in [0.5, 0.6) is 0 Å². The highest BCUT2D eigenvalue weighted by Gasteiger charge is 2.18. The highest BCUT2D eigenvalue weighted by Crippen LogP contribution is 2.11. The van der Waals surface area contributed by atoms with Crippen LogP contribution in [0.2, 0.25) is 0 Å². The molecular weight excluding hydrogens is 326 g/mol. The number of rotatable bonds is 6. The summed E-state index contributed by atoms with van der Waals surface area (Å²) in [7, 11) is 0. The number of piperazine rings is 1. The van der Waals surface area contributed by atoms with Crippen molar-refractivity contribution in [1.29, 1.82) is 0 Å². The van der Waals surface area contributed by atoms with Crippen LogP contribution in [0.25, 0.3) is 0 Å². The van der Waals surface area contributed by atoms with Crippen molar-refractivity contribution in [2.75, 3.05) is 44.2 Å². The minimum atomic E-state index is 0.0131. The van der Waals surface area contributed by atoms with Crippen LogP contribution in [0.1, 0.15) is 27.9 Å². The fraction of sp³-hybridized carbons (Fsp3) is 0.450. The lowest BCUT2D eigenvalue weighted by molar-refractivity contribution is 0.0951. The summed E-state index contributed by atoms with van der Waals surface area (Å²) in [6.45, 7) is 9.68. The van der Waals surface area contributed by atoms with E-state index in [9.17, 15) is 4.79 Å². The van der Waals surface area contributed by atoms with Crippen molar-refractivity contribution in [3.63, 3.8) is 0 Å². The molecule has 0 aliphatic carbocycles. The Bertz CT molecular complexity index is 726. The van der Waals surface area contributed by atoms with Gasteiger partial charge < -0.3 is 10.2 Å². The lowest BCUT2D eigenvalue weighted by Gasteiger charge is -2.34. The van der Waals surface area contributed by atoms with Crippen LogP contribution in [0.3, 0.4) is 0 Å². The topological polar surface area (TPSA) is 61.4 Å². The van der Waals surface area contributed by atoms with Crippen molar-refractivity contribution in [1.82, 2.24) is 20.2 Å². The van der Waals surface area contributed by atoms with Gasteiger partial charge in [0.1, 0.15) is 0 Å². The minimum Gasteiger partial charge on any atom is -0.352 e. The summed E-state index contributed by atoms with van der Waals surface area (Å²) in [6, 6.07) is 7.68. The summed E-state index contributed by atoms with van der Waals surface area (Å²) in [5.74, 6) is 0.826. The van der Waals surface area contributed by atoms with Crippen molar-refractivity contribution >= 4 is 11.9 Å². The number of hydrogen-bond donors (Lipinski definition) is 1. The zero-order valence-electron chi connectivity index (χ0n) is 15.6. The summed E-state index contributed by atoms with van der Waals surface area (Å²) in [6.07, 6.45) is 4.53. The SMILES string of the molecule is Cc1ccc(C(=O)NCCCN2CCN(c3ncccn3)CC2)cc1C. The van der Waals surface area contributed by atoms with Gasteiger partial charge in [-0.05, 0) is 56.1 Å². The molecule has 1 aliphatic heterocycles. The van der Waals surface area contributed by atoms with Crippen molar-refractivity contribution in [3.8, 4) is 0 Å². The molecule has 0 saturated carbocycles. The van der Waals surface area contributed by atoms with Crippen LogP contribution >= 0.6 is 0 Å². The van der Waals surface area contributed by atoms with Gasteiger partial charge in [0.15, 0.2) is 0 Å². The van der Waals surface area contributed by atoms with E-state index in [2.05, 4.69) is 32.0 Å². The molecule has 138 valence electrons. The van der Waals surface area contributed by atoms with Gasteiger partial charge in [0.25, 0.3) is 5.91 Å². The summed E-state index contributed by atoms with van der Waals surface area (Å²) >= 11 is 0. The van der Waals surface area contributed by atoms with E-state index in [0.29, 0.717) is 6.54 Å². The highest BCUT2D eigenvalue weighted by atomic mass is 16.1. The van der Waals surface area contributed by atoms with Gasteiger partial charge in [-0.3, -0.25) is 9.69 Å². The van der Waals surface area contributed by atoms with Gasteiger partial charge in [0, 0.05) is 50.7 Å². The maximum absolute atomic E-state index is 12.2. The molecule has 1 saturated heterocycles. The third kappa shape index (κ3) is 4.79. The maximum Gasteiger partial charge on any atom is 0.251 e. The van der Waals surface area contributed by atoms with E-state index < -0.39 is 0 Å². The van der Waals surface area contributed by atoms with E-state index in [1.807, 2.05) is 31.2 Å². The second-order valence-corrected chi connectivity index (χ2v) is 6.79. The number of hydrogen-bond acceptors (Lipinski definition) is 5. The number of nitrogens with one attached hydrogen (secondary N) is 1. The zero-order chi connectivity index (χ0) is 18.4. The molecule has 2 aromatic rings. The van der Waals surface area contributed by atoms with Crippen LogP contribution in [0, 0.1) is 13.8 Å². The Morgan fingerprint density at radius 3 is 2.50 bits per heavy atom. The standard InChI is InChI=1S/C20H27N5O/c1-16-5-6-18(15-17(16)2)19(26)21-9-4-10-24-11-13-25(14-12-24)20-22-7-3-8-23-20/h3,5-8,15H,4,9-14H2,1-2H3,(H,21,26). The molecule has 0 spiro atoms. The molecule has 0 unspecified atom stereocenters. The number of aryl methyl sites for hydroxylation is 2. The second-order valence-electron chi connectivity index (χ2n) is 6.79. The zero-order valence-corrected chi connectivity index (χ0v) is 15.6. The predicted molar refractivity (Wildman–Crippen MR) is 104 cm³/mol. The molecule has 1 aromatic carbocycles. The summed E-state index contributed by atoms with van der Waals surface area (Å²) < 4.78 is 0. The van der Waals surface area contributed by atoms with Gasteiger partial charge in [-0.2, -0.15) is 0 Å². The van der Waals surface area contributed by atoms with Gasteiger partial charge in [-0.25, -0.2) is 9.97 Å². The Labute approximate surface area is 155 Å². The van der Waals surface area contributed by atoms with E-state index in [1.54, 1.807) is 12.4 Å². The molecule has 6 nitrogen and oxygen atoms in total. The monoisotopic (exact) mass is 353 g/mol. The Morgan fingerprint density at radius 1 is 1.08 bits per heavy atom. The molecular formula is C20H27N5O. The number of nitrogens with zero attached hydrogens (tertiary/aromatic N) is 4. The van der Waals surface area contributed by atoms with Crippen LogP contribution in [0.4, 0.5) is 5.95 Å². The molecule has 1 aliphatic rings.